The molecule has 6 aromatic carbocycles. The van der Waals surface area contributed by atoms with E-state index in [0.29, 0.717) is 97.0 Å². The van der Waals surface area contributed by atoms with E-state index in [0.717, 1.165) is 22.3 Å². The van der Waals surface area contributed by atoms with Gasteiger partial charge in [0, 0.05) is 51.4 Å². The SMILES string of the molecule is Cl.Cl.Cl.O=C(CCOCc1ccc(Cl)c(Cl)c1)N1CCN(c2ccccc2[N+](=O)[O-])CC1NCc1ccccc1.O=C(CCOCc1ccc(Cl)c(Cl)c1)N1CCN(c2ccccc2[N+](=O)[O-])CC1NCc1ccccc1. The van der Waals surface area contributed by atoms with Gasteiger partial charge in [-0.3, -0.25) is 40.5 Å². The molecule has 2 amide bonds. The summed E-state index contributed by atoms with van der Waals surface area (Å²) in [6, 6.07) is 43.8. The first kappa shape index (κ1) is 64.1. The molecule has 2 unspecified atom stereocenters. The minimum atomic E-state index is -0.371. The molecule has 2 N–H and O–H groups in total. The maximum atomic E-state index is 13.2. The molecule has 0 saturated carbocycles. The zero-order chi connectivity index (χ0) is 52.4. The van der Waals surface area contributed by atoms with Crippen LogP contribution in [0.2, 0.25) is 20.1 Å². The van der Waals surface area contributed by atoms with Crippen LogP contribution < -0.4 is 20.4 Å². The molecule has 2 saturated heterocycles. The van der Waals surface area contributed by atoms with Crippen molar-refractivity contribution < 1.29 is 28.9 Å². The Balaban J connectivity index is 0.000000320. The van der Waals surface area contributed by atoms with E-state index in [1.165, 1.54) is 12.1 Å². The van der Waals surface area contributed by atoms with Gasteiger partial charge >= 0.3 is 0 Å². The van der Waals surface area contributed by atoms with Crippen LogP contribution >= 0.6 is 83.6 Å². The lowest BCUT2D eigenvalue weighted by molar-refractivity contribution is -0.384. The number of nitrogens with zero attached hydrogens (tertiary/aromatic N) is 6. The monoisotopic (exact) mass is 1190 g/mol. The second kappa shape index (κ2) is 32.4. The van der Waals surface area contributed by atoms with E-state index < -0.39 is 0 Å². The molecule has 0 aromatic heterocycles. The molecule has 77 heavy (non-hydrogen) atoms. The lowest BCUT2D eigenvalue weighted by atomic mass is 10.1. The van der Waals surface area contributed by atoms with E-state index in [9.17, 15) is 29.8 Å². The van der Waals surface area contributed by atoms with Crippen molar-refractivity contribution >= 4 is 118 Å². The number of amides is 2. The minimum Gasteiger partial charge on any atom is -0.376 e. The van der Waals surface area contributed by atoms with Gasteiger partial charge in [-0.15, -0.1) is 37.2 Å². The zero-order valence-corrected chi connectivity index (χ0v) is 47.1. The van der Waals surface area contributed by atoms with E-state index in [4.69, 9.17) is 55.9 Å². The Bertz CT molecular complexity index is 2660. The van der Waals surface area contributed by atoms with Crippen LogP contribution in [0.25, 0.3) is 0 Å². The van der Waals surface area contributed by atoms with E-state index in [1.807, 2.05) is 82.6 Å². The van der Waals surface area contributed by atoms with Gasteiger partial charge < -0.3 is 29.1 Å². The van der Waals surface area contributed by atoms with Gasteiger partial charge in [-0.2, -0.15) is 0 Å². The van der Waals surface area contributed by atoms with Crippen LogP contribution in [0.4, 0.5) is 22.7 Å². The Morgan fingerprint density at radius 3 is 1.22 bits per heavy atom. The molecular weight excluding hydrogens is 1140 g/mol. The van der Waals surface area contributed by atoms with Crippen LogP contribution in [-0.4, -0.2) is 96.3 Å². The smallest absolute Gasteiger partial charge is 0.292 e. The molecule has 2 heterocycles. The second-order valence-corrected chi connectivity index (χ2v) is 19.1. The van der Waals surface area contributed by atoms with Gasteiger partial charge in [0.2, 0.25) is 11.8 Å². The molecule has 16 nitrogen and oxygen atoms in total. The van der Waals surface area contributed by atoms with Crippen LogP contribution in [0.5, 0.6) is 0 Å². The summed E-state index contributed by atoms with van der Waals surface area (Å²) in [5.74, 6) is -0.0798. The molecule has 2 aliphatic rings. The fourth-order valence-corrected chi connectivity index (χ4v) is 9.27. The molecule has 6 aromatic rings. The maximum absolute atomic E-state index is 13.2. The van der Waals surface area contributed by atoms with Crippen LogP contribution in [0, 0.1) is 20.2 Å². The highest BCUT2D eigenvalue weighted by Gasteiger charge is 2.34. The number of para-hydroxylation sites is 4. The van der Waals surface area contributed by atoms with Gasteiger partial charge in [-0.25, -0.2) is 0 Å². The van der Waals surface area contributed by atoms with Crippen molar-refractivity contribution in [2.75, 3.05) is 62.3 Å². The van der Waals surface area contributed by atoms with E-state index >= 15 is 0 Å². The van der Waals surface area contributed by atoms with Gasteiger partial charge in [0.25, 0.3) is 11.4 Å². The summed E-state index contributed by atoms with van der Waals surface area (Å²) in [5.41, 5.74) is 5.14. The first-order valence-corrected chi connectivity index (χ1v) is 25.5. The number of benzene rings is 6. The average Bonchev–Trinajstić information content (AvgIpc) is 3.42. The van der Waals surface area contributed by atoms with E-state index in [2.05, 4.69) is 10.6 Å². The standard InChI is InChI=1S/2C27H28Cl2N4O4.3ClH/c2*28-22-11-10-21(16-23(22)29)19-37-15-12-27(34)32-14-13-31(24-8-4-5-9-25(24)33(35)36)18-26(32)30-17-20-6-2-1-3-7-20;;;/h2*1-11,16,26,30H,12-15,17-19H2;3*1H. The van der Waals surface area contributed by atoms with Crippen LogP contribution in [0.15, 0.2) is 146 Å². The molecule has 412 valence electrons. The molecule has 2 fully saturated rings. The number of nitrogens with one attached hydrogen (secondary N) is 2. The summed E-state index contributed by atoms with van der Waals surface area (Å²) >= 11 is 24.0. The van der Waals surface area contributed by atoms with Crippen LogP contribution in [-0.2, 0) is 45.4 Å². The summed E-state index contributed by atoms with van der Waals surface area (Å²) in [6.07, 6.45) is -0.209. The van der Waals surface area contributed by atoms with Crippen LogP contribution in [0.3, 0.4) is 0 Å². The van der Waals surface area contributed by atoms with Gasteiger partial charge in [0.1, 0.15) is 23.7 Å². The third kappa shape index (κ3) is 18.9. The first-order chi connectivity index (χ1) is 35.8. The van der Waals surface area contributed by atoms with Gasteiger partial charge in [0.05, 0.1) is 82.3 Å². The number of ether oxygens (including phenoxy) is 2. The highest BCUT2D eigenvalue weighted by molar-refractivity contribution is 6.42. The Morgan fingerprint density at radius 2 is 0.857 bits per heavy atom. The maximum Gasteiger partial charge on any atom is 0.292 e. The lowest BCUT2D eigenvalue weighted by Crippen LogP contribution is -2.60. The number of nitro benzene ring substituents is 2. The number of carbonyl (C=O) groups is 2. The normalized spacial score (nSPS) is 15.0. The number of hydrogen-bond donors (Lipinski definition) is 2. The third-order valence-corrected chi connectivity index (χ3v) is 13.9. The Labute approximate surface area is 486 Å². The first-order valence-electron chi connectivity index (χ1n) is 24.0. The van der Waals surface area contributed by atoms with Crippen molar-refractivity contribution in [3.63, 3.8) is 0 Å². The molecule has 0 bridgehead atoms. The van der Waals surface area contributed by atoms with E-state index in [-0.39, 0.29) is 109 Å². The number of piperazine rings is 2. The fourth-order valence-electron chi connectivity index (χ4n) is 8.63. The van der Waals surface area contributed by atoms with Gasteiger partial charge in [-0.05, 0) is 58.7 Å². The van der Waals surface area contributed by atoms with Gasteiger partial charge in [0.15, 0.2) is 0 Å². The van der Waals surface area contributed by atoms with Crippen molar-refractivity contribution in [2.45, 2.75) is 51.5 Å². The molecule has 0 spiro atoms. The summed E-state index contributed by atoms with van der Waals surface area (Å²) in [5, 5.41) is 32.0. The highest BCUT2D eigenvalue weighted by atomic mass is 35.5. The summed E-state index contributed by atoms with van der Waals surface area (Å²) in [4.78, 5) is 56.3. The van der Waals surface area contributed by atoms with Crippen molar-refractivity contribution in [2.24, 2.45) is 0 Å². The predicted molar refractivity (Wildman–Crippen MR) is 311 cm³/mol. The fraction of sp³-hybridized carbons (Fsp3) is 0.296. The van der Waals surface area contributed by atoms with Crippen LogP contribution in [0.1, 0.15) is 35.1 Å². The Hall–Kier alpha value is -5.47. The molecule has 0 radical (unpaired) electrons. The zero-order valence-electron chi connectivity index (χ0n) is 41.6. The van der Waals surface area contributed by atoms with Crippen molar-refractivity contribution in [1.82, 2.24) is 20.4 Å². The number of hydrogen-bond acceptors (Lipinski definition) is 12. The number of nitro groups is 2. The predicted octanol–water partition coefficient (Wildman–Crippen LogP) is 11.8. The average molecular weight is 1200 g/mol. The topological polar surface area (TPSA) is 176 Å². The molecule has 8 rings (SSSR count). The molecule has 23 heteroatoms. The molecule has 0 aliphatic carbocycles. The van der Waals surface area contributed by atoms with Gasteiger partial charge in [-0.1, -0.05) is 143 Å². The third-order valence-electron chi connectivity index (χ3n) is 12.4. The second-order valence-electron chi connectivity index (χ2n) is 17.4. The Kier molecular flexibility index (Phi) is 27.0. The number of anilines is 2. The molecule has 2 aliphatic heterocycles. The summed E-state index contributed by atoms with van der Waals surface area (Å²) in [7, 11) is 0. The summed E-state index contributed by atoms with van der Waals surface area (Å²) < 4.78 is 11.4. The van der Waals surface area contributed by atoms with Crippen molar-refractivity contribution in [3.05, 3.63) is 208 Å². The summed E-state index contributed by atoms with van der Waals surface area (Å²) in [6.45, 7) is 4.99. The molecule has 2 atom stereocenters. The van der Waals surface area contributed by atoms with E-state index in [1.54, 1.807) is 70.5 Å². The highest BCUT2D eigenvalue weighted by Crippen LogP contribution is 2.31. The molecular formula is C54H59Cl7N8O8. The largest absolute Gasteiger partial charge is 0.376 e. The van der Waals surface area contributed by atoms with Crippen molar-refractivity contribution in [1.29, 1.82) is 0 Å². The van der Waals surface area contributed by atoms with Crippen molar-refractivity contribution in [3.8, 4) is 0 Å². The number of carbonyl (C=O) groups excluding carboxylic acids is 2. The lowest BCUT2D eigenvalue weighted by Gasteiger charge is -2.42. The number of rotatable bonds is 20. The number of halogens is 7. The quantitative estimate of drug-likeness (QED) is 0.0421. The Morgan fingerprint density at radius 1 is 0.494 bits per heavy atom. The minimum absolute atomic E-state index is 0.